The molecule has 0 atom stereocenters. The van der Waals surface area contributed by atoms with E-state index in [2.05, 4.69) is 15.4 Å². The SMILES string of the molecule is COc1ccc(NC(=O)c2cc(-c3cnn(C4CCN(C(=O)OC(C)(C)C)CC4)c3)cnc2N)cc1. The van der Waals surface area contributed by atoms with Crippen molar-refractivity contribution in [2.45, 2.75) is 45.3 Å². The molecule has 1 fully saturated rings. The molecule has 0 saturated carbocycles. The summed E-state index contributed by atoms with van der Waals surface area (Å²) in [5.41, 5.74) is 7.97. The second-order valence-corrected chi connectivity index (χ2v) is 9.75. The van der Waals surface area contributed by atoms with Crippen molar-refractivity contribution in [3.8, 4) is 16.9 Å². The van der Waals surface area contributed by atoms with E-state index in [0.717, 1.165) is 24.0 Å². The molecule has 10 heteroatoms. The molecule has 2 aromatic heterocycles. The highest BCUT2D eigenvalue weighted by molar-refractivity contribution is 6.07. The molecule has 1 aromatic carbocycles. The summed E-state index contributed by atoms with van der Waals surface area (Å²) in [7, 11) is 1.58. The highest BCUT2D eigenvalue weighted by Gasteiger charge is 2.28. The van der Waals surface area contributed by atoms with E-state index >= 15 is 0 Å². The Morgan fingerprint density at radius 3 is 2.42 bits per heavy atom. The largest absolute Gasteiger partial charge is 0.497 e. The summed E-state index contributed by atoms with van der Waals surface area (Å²) in [5.74, 6) is 0.490. The topological polar surface area (TPSA) is 125 Å². The van der Waals surface area contributed by atoms with E-state index in [1.165, 1.54) is 0 Å². The first-order valence-electron chi connectivity index (χ1n) is 11.9. The van der Waals surface area contributed by atoms with Crippen LogP contribution in [0, 0.1) is 0 Å². The Labute approximate surface area is 210 Å². The number of nitrogens with one attached hydrogen (secondary N) is 1. The average Bonchev–Trinajstić information content (AvgIpc) is 3.34. The number of piperidine rings is 1. The maximum Gasteiger partial charge on any atom is 0.410 e. The summed E-state index contributed by atoms with van der Waals surface area (Å²) < 4.78 is 12.5. The smallest absolute Gasteiger partial charge is 0.410 e. The number of carbonyl (C=O) groups is 2. The lowest BCUT2D eigenvalue weighted by Gasteiger charge is -2.33. The van der Waals surface area contributed by atoms with Crippen LogP contribution in [-0.4, -0.2) is 57.5 Å². The van der Waals surface area contributed by atoms with E-state index < -0.39 is 5.60 Å². The van der Waals surface area contributed by atoms with E-state index in [9.17, 15) is 9.59 Å². The second kappa shape index (κ2) is 10.3. The van der Waals surface area contributed by atoms with Gasteiger partial charge in [0.1, 0.15) is 17.2 Å². The molecule has 190 valence electrons. The number of nitrogens with zero attached hydrogens (tertiary/aromatic N) is 4. The Bertz CT molecular complexity index is 1220. The van der Waals surface area contributed by atoms with Gasteiger partial charge in [-0.2, -0.15) is 5.10 Å². The highest BCUT2D eigenvalue weighted by atomic mass is 16.6. The van der Waals surface area contributed by atoms with Crippen molar-refractivity contribution in [1.29, 1.82) is 0 Å². The zero-order valence-corrected chi connectivity index (χ0v) is 21.0. The monoisotopic (exact) mass is 492 g/mol. The predicted octanol–water partition coefficient (Wildman–Crippen LogP) is 4.36. The summed E-state index contributed by atoms with van der Waals surface area (Å²) in [5, 5.41) is 7.37. The number of ether oxygens (including phenoxy) is 2. The summed E-state index contributed by atoms with van der Waals surface area (Å²) >= 11 is 0. The number of rotatable bonds is 5. The van der Waals surface area contributed by atoms with Gasteiger partial charge in [-0.15, -0.1) is 0 Å². The maximum atomic E-state index is 12.9. The van der Waals surface area contributed by atoms with Crippen molar-refractivity contribution < 1.29 is 19.1 Å². The Hall–Kier alpha value is -4.08. The van der Waals surface area contributed by atoms with Gasteiger partial charge in [-0.1, -0.05) is 0 Å². The number of pyridine rings is 1. The van der Waals surface area contributed by atoms with Gasteiger partial charge in [0.25, 0.3) is 5.91 Å². The third-order valence-electron chi connectivity index (χ3n) is 5.94. The Balaban J connectivity index is 1.42. The van der Waals surface area contributed by atoms with Crippen LogP contribution in [0.2, 0.25) is 0 Å². The molecule has 0 spiro atoms. The highest BCUT2D eigenvalue weighted by Crippen LogP contribution is 2.27. The summed E-state index contributed by atoms with van der Waals surface area (Å²) in [6.45, 7) is 6.80. The van der Waals surface area contributed by atoms with Crippen molar-refractivity contribution >= 4 is 23.5 Å². The number of hydrogen-bond acceptors (Lipinski definition) is 7. The van der Waals surface area contributed by atoms with Gasteiger partial charge in [-0.3, -0.25) is 9.48 Å². The zero-order valence-electron chi connectivity index (χ0n) is 21.0. The van der Waals surface area contributed by atoms with Crippen molar-refractivity contribution in [3.05, 3.63) is 54.5 Å². The molecule has 0 unspecified atom stereocenters. The first-order chi connectivity index (χ1) is 17.1. The molecule has 1 saturated heterocycles. The van der Waals surface area contributed by atoms with Crippen molar-refractivity contribution in [1.82, 2.24) is 19.7 Å². The zero-order chi connectivity index (χ0) is 25.9. The Morgan fingerprint density at radius 1 is 1.08 bits per heavy atom. The average molecular weight is 493 g/mol. The van der Waals surface area contributed by atoms with Crippen LogP contribution in [0.4, 0.5) is 16.3 Å². The summed E-state index contributed by atoms with van der Waals surface area (Å²) in [6, 6.07) is 8.91. The maximum absolute atomic E-state index is 12.9. The minimum atomic E-state index is -0.512. The molecule has 1 aliphatic heterocycles. The molecule has 0 aliphatic carbocycles. The second-order valence-electron chi connectivity index (χ2n) is 9.75. The number of amides is 2. The van der Waals surface area contributed by atoms with Crippen LogP contribution in [0.1, 0.15) is 50.0 Å². The number of aromatic nitrogens is 3. The van der Waals surface area contributed by atoms with Gasteiger partial charge < -0.3 is 25.4 Å². The number of benzene rings is 1. The minimum Gasteiger partial charge on any atom is -0.497 e. The third-order valence-corrected chi connectivity index (χ3v) is 5.94. The molecular weight excluding hydrogens is 460 g/mol. The first kappa shape index (κ1) is 25.0. The normalized spacial score (nSPS) is 14.4. The lowest BCUT2D eigenvalue weighted by Crippen LogP contribution is -2.42. The van der Waals surface area contributed by atoms with Crippen molar-refractivity contribution in [2.75, 3.05) is 31.2 Å². The van der Waals surface area contributed by atoms with E-state index in [1.54, 1.807) is 54.7 Å². The lowest BCUT2D eigenvalue weighted by atomic mass is 10.1. The summed E-state index contributed by atoms with van der Waals surface area (Å²) in [4.78, 5) is 31.2. The third kappa shape index (κ3) is 5.94. The van der Waals surface area contributed by atoms with E-state index in [1.807, 2.05) is 31.6 Å². The molecule has 1 aliphatic rings. The van der Waals surface area contributed by atoms with Gasteiger partial charge in [0.05, 0.1) is 24.9 Å². The number of methoxy groups -OCH3 is 1. The molecule has 36 heavy (non-hydrogen) atoms. The molecule has 0 bridgehead atoms. The van der Waals surface area contributed by atoms with E-state index in [0.29, 0.717) is 24.5 Å². The van der Waals surface area contributed by atoms with Crippen LogP contribution in [-0.2, 0) is 4.74 Å². The van der Waals surface area contributed by atoms with Gasteiger partial charge in [-0.25, -0.2) is 9.78 Å². The quantitative estimate of drug-likeness (QED) is 0.542. The van der Waals surface area contributed by atoms with Gasteiger partial charge in [-0.05, 0) is 63.9 Å². The van der Waals surface area contributed by atoms with E-state index in [-0.39, 0.29) is 29.4 Å². The van der Waals surface area contributed by atoms with Crippen LogP contribution in [0.3, 0.4) is 0 Å². The first-order valence-corrected chi connectivity index (χ1v) is 11.9. The minimum absolute atomic E-state index is 0.145. The standard InChI is InChI=1S/C26H32N6O4/c1-26(2,3)36-25(34)31-11-9-20(10-12-31)32-16-18(15-29-32)17-13-22(23(27)28-14-17)24(33)30-19-5-7-21(35-4)8-6-19/h5-8,13-16,20H,9-12H2,1-4H3,(H2,27,28)(H,30,33). The van der Waals surface area contributed by atoms with E-state index in [4.69, 9.17) is 15.2 Å². The predicted molar refractivity (Wildman–Crippen MR) is 137 cm³/mol. The van der Waals surface area contributed by atoms with Crippen molar-refractivity contribution in [3.63, 3.8) is 0 Å². The number of anilines is 2. The number of hydrogen-bond donors (Lipinski definition) is 2. The van der Waals surface area contributed by atoms with Crippen LogP contribution in [0.15, 0.2) is 48.9 Å². The number of carbonyl (C=O) groups excluding carboxylic acids is 2. The van der Waals surface area contributed by atoms with Crippen molar-refractivity contribution in [2.24, 2.45) is 0 Å². The molecule has 0 radical (unpaired) electrons. The molecule has 4 rings (SSSR count). The Morgan fingerprint density at radius 2 is 1.78 bits per heavy atom. The van der Waals surface area contributed by atoms with Crippen LogP contribution in [0.25, 0.3) is 11.1 Å². The summed E-state index contributed by atoms with van der Waals surface area (Å²) in [6.07, 6.45) is 6.58. The Kier molecular flexibility index (Phi) is 7.14. The van der Waals surface area contributed by atoms with Crippen LogP contribution < -0.4 is 15.8 Å². The number of likely N-dealkylation sites (tertiary alicyclic amines) is 1. The molecule has 3 N–H and O–H groups in total. The van der Waals surface area contributed by atoms with Gasteiger partial charge in [0, 0.05) is 42.3 Å². The fraction of sp³-hybridized carbons (Fsp3) is 0.385. The molecule has 10 nitrogen and oxygen atoms in total. The van der Waals surface area contributed by atoms with Gasteiger partial charge >= 0.3 is 6.09 Å². The fourth-order valence-corrected chi connectivity index (χ4v) is 4.01. The molecule has 2 amide bonds. The molecule has 3 heterocycles. The molecule has 3 aromatic rings. The number of nitrogens with two attached hydrogens (primary N) is 1. The fourth-order valence-electron chi connectivity index (χ4n) is 4.01. The van der Waals surface area contributed by atoms with Gasteiger partial charge in [0.15, 0.2) is 0 Å². The van der Waals surface area contributed by atoms with Gasteiger partial charge in [0.2, 0.25) is 0 Å². The number of nitrogen functional groups attached to an aromatic ring is 1. The lowest BCUT2D eigenvalue weighted by molar-refractivity contribution is 0.0184. The van der Waals surface area contributed by atoms with Crippen LogP contribution >= 0.6 is 0 Å². The van der Waals surface area contributed by atoms with Crippen LogP contribution in [0.5, 0.6) is 5.75 Å². The molecular formula is C26H32N6O4.